The molecule has 0 saturated carbocycles. The van der Waals surface area contributed by atoms with E-state index >= 15 is 0 Å². The summed E-state index contributed by atoms with van der Waals surface area (Å²) in [7, 11) is 1.89. The molecular weight excluding hydrogens is 516 g/mol. The molecule has 0 bridgehead atoms. The third-order valence-corrected chi connectivity index (χ3v) is 6.58. The second-order valence-electron chi connectivity index (χ2n) is 9.55. The zero-order chi connectivity index (χ0) is 29.1. The summed E-state index contributed by atoms with van der Waals surface area (Å²) in [6.07, 6.45) is 1.11. The maximum atomic E-state index is 13.5. The van der Waals surface area contributed by atoms with Gasteiger partial charge in [-0.15, -0.1) is 0 Å². The average molecular weight is 555 g/mol. The van der Waals surface area contributed by atoms with Crippen LogP contribution in [0.15, 0.2) is 36.4 Å². The number of unbranched alkanes of at least 4 members (excludes halogenated alkanes) is 1. The molecule has 12 heteroatoms. The number of anilines is 1. The summed E-state index contributed by atoms with van der Waals surface area (Å²) in [6.45, 7) is 5.86. The molecule has 3 rings (SSSR count). The number of carboxylic acids is 1. The summed E-state index contributed by atoms with van der Waals surface area (Å²) in [6, 6.07) is 9.79. The third kappa shape index (κ3) is 8.39. The van der Waals surface area contributed by atoms with Crippen molar-refractivity contribution in [1.82, 2.24) is 25.1 Å². The standard InChI is InChI=1S/C28H38N6O6/c1-4-6-14-32(3)23-19-22(29-25(31-23)20-10-8-7-9-11-20)26(37)30-21(12-13-24(35)36)27(38)33-15-17-34(18-16-33)28(39)40-5-2/h7-11,19,21H,4-6,12-18H2,1-3H3,(H,30,37)(H,35,36). The van der Waals surface area contributed by atoms with Gasteiger partial charge in [0.15, 0.2) is 5.82 Å². The highest BCUT2D eigenvalue weighted by molar-refractivity contribution is 5.97. The fourth-order valence-corrected chi connectivity index (χ4v) is 4.27. The normalized spacial score (nSPS) is 13.9. The molecule has 1 aromatic heterocycles. The molecule has 1 aliphatic rings. The highest BCUT2D eigenvalue weighted by atomic mass is 16.6. The second kappa shape index (κ2) is 14.8. The first-order valence-corrected chi connectivity index (χ1v) is 13.6. The van der Waals surface area contributed by atoms with E-state index in [-0.39, 0.29) is 51.3 Å². The Balaban J connectivity index is 1.82. The monoisotopic (exact) mass is 554 g/mol. The Bertz CT molecular complexity index is 1170. The van der Waals surface area contributed by atoms with Crippen molar-refractivity contribution in [1.29, 1.82) is 0 Å². The van der Waals surface area contributed by atoms with E-state index in [1.54, 1.807) is 13.0 Å². The number of amides is 3. The first-order chi connectivity index (χ1) is 19.2. The van der Waals surface area contributed by atoms with Gasteiger partial charge in [0.2, 0.25) is 5.91 Å². The number of nitrogens with zero attached hydrogens (tertiary/aromatic N) is 5. The Morgan fingerprint density at radius 3 is 2.35 bits per heavy atom. The summed E-state index contributed by atoms with van der Waals surface area (Å²) < 4.78 is 5.03. The van der Waals surface area contributed by atoms with Crippen molar-refractivity contribution >= 4 is 29.7 Å². The zero-order valence-electron chi connectivity index (χ0n) is 23.3. The predicted octanol–water partition coefficient (Wildman–Crippen LogP) is 2.64. The first kappa shape index (κ1) is 30.3. The zero-order valence-corrected chi connectivity index (χ0v) is 23.3. The lowest BCUT2D eigenvalue weighted by Gasteiger charge is -2.35. The topological polar surface area (TPSA) is 145 Å². The molecule has 0 radical (unpaired) electrons. The van der Waals surface area contributed by atoms with Gasteiger partial charge >= 0.3 is 12.1 Å². The van der Waals surface area contributed by atoms with Crippen LogP contribution in [0.4, 0.5) is 10.6 Å². The molecule has 12 nitrogen and oxygen atoms in total. The van der Waals surface area contributed by atoms with Crippen LogP contribution in [0.5, 0.6) is 0 Å². The van der Waals surface area contributed by atoms with Gasteiger partial charge < -0.3 is 29.9 Å². The maximum Gasteiger partial charge on any atom is 0.409 e. The van der Waals surface area contributed by atoms with Gasteiger partial charge in [-0.05, 0) is 19.8 Å². The van der Waals surface area contributed by atoms with Crippen LogP contribution >= 0.6 is 0 Å². The highest BCUT2D eigenvalue weighted by Gasteiger charge is 2.31. The molecule has 1 fully saturated rings. The van der Waals surface area contributed by atoms with Gasteiger partial charge in [-0.2, -0.15) is 0 Å². The first-order valence-electron chi connectivity index (χ1n) is 13.6. The third-order valence-electron chi connectivity index (χ3n) is 6.58. The maximum absolute atomic E-state index is 13.5. The van der Waals surface area contributed by atoms with Gasteiger partial charge in [0, 0.05) is 57.8 Å². The Morgan fingerprint density at radius 1 is 1.05 bits per heavy atom. The number of benzene rings is 1. The molecule has 1 aromatic carbocycles. The number of nitrogens with one attached hydrogen (secondary N) is 1. The lowest BCUT2D eigenvalue weighted by Crippen LogP contribution is -2.56. The van der Waals surface area contributed by atoms with Crippen LogP contribution in [-0.4, -0.2) is 101 Å². The predicted molar refractivity (Wildman–Crippen MR) is 149 cm³/mol. The number of hydrogen-bond acceptors (Lipinski definition) is 8. The van der Waals surface area contributed by atoms with Gasteiger partial charge in [0.05, 0.1) is 6.61 Å². The molecule has 3 amide bonds. The molecule has 1 unspecified atom stereocenters. The van der Waals surface area contributed by atoms with E-state index in [1.807, 2.05) is 42.3 Å². The Morgan fingerprint density at radius 2 is 1.73 bits per heavy atom. The quantitative estimate of drug-likeness (QED) is 0.404. The van der Waals surface area contributed by atoms with E-state index in [4.69, 9.17) is 4.74 Å². The summed E-state index contributed by atoms with van der Waals surface area (Å²) in [5, 5.41) is 12.0. The van der Waals surface area contributed by atoms with Crippen LogP contribution in [-0.2, 0) is 14.3 Å². The van der Waals surface area contributed by atoms with Crippen molar-refractivity contribution in [2.75, 3.05) is 51.3 Å². The van der Waals surface area contributed by atoms with Crippen molar-refractivity contribution in [3.05, 3.63) is 42.1 Å². The summed E-state index contributed by atoms with van der Waals surface area (Å²) in [5.41, 5.74) is 0.813. The van der Waals surface area contributed by atoms with Crippen LogP contribution in [0.2, 0.25) is 0 Å². The molecule has 0 spiro atoms. The number of ether oxygens (including phenoxy) is 1. The number of piperazine rings is 1. The van der Waals surface area contributed by atoms with Gasteiger partial charge in [-0.25, -0.2) is 14.8 Å². The number of rotatable bonds is 12. The van der Waals surface area contributed by atoms with Gasteiger partial charge in [-0.3, -0.25) is 14.4 Å². The van der Waals surface area contributed by atoms with Gasteiger partial charge in [-0.1, -0.05) is 43.7 Å². The lowest BCUT2D eigenvalue weighted by atomic mass is 10.1. The van der Waals surface area contributed by atoms with Gasteiger partial charge in [0.25, 0.3) is 5.91 Å². The van der Waals surface area contributed by atoms with Crippen molar-refractivity contribution in [2.45, 2.75) is 45.6 Å². The molecule has 2 heterocycles. The molecule has 1 saturated heterocycles. The number of aliphatic carboxylic acids is 1. The largest absolute Gasteiger partial charge is 0.481 e. The van der Waals surface area contributed by atoms with E-state index < -0.39 is 29.9 Å². The molecule has 2 N–H and O–H groups in total. The van der Waals surface area contributed by atoms with Crippen LogP contribution in [0.3, 0.4) is 0 Å². The van der Waals surface area contributed by atoms with Crippen LogP contribution in [0, 0.1) is 0 Å². The number of carboxylic acid groups (broad SMARTS) is 1. The second-order valence-corrected chi connectivity index (χ2v) is 9.55. The van der Waals surface area contributed by atoms with E-state index in [2.05, 4.69) is 22.2 Å². The van der Waals surface area contributed by atoms with Gasteiger partial charge in [0.1, 0.15) is 17.6 Å². The molecule has 1 atom stereocenters. The molecule has 2 aromatic rings. The molecular formula is C28H38N6O6. The van der Waals surface area contributed by atoms with Crippen molar-refractivity contribution in [3.63, 3.8) is 0 Å². The van der Waals surface area contributed by atoms with Crippen molar-refractivity contribution < 1.29 is 29.0 Å². The van der Waals surface area contributed by atoms with E-state index in [0.29, 0.717) is 11.6 Å². The SMILES string of the molecule is CCCCN(C)c1cc(C(=O)NC(CCC(=O)O)C(=O)N2CCN(C(=O)OCC)CC2)nc(-c2ccccc2)n1. The van der Waals surface area contributed by atoms with Crippen LogP contribution in [0.25, 0.3) is 11.4 Å². The highest BCUT2D eigenvalue weighted by Crippen LogP contribution is 2.20. The van der Waals surface area contributed by atoms with Crippen LogP contribution in [0.1, 0.15) is 50.0 Å². The number of aromatic nitrogens is 2. The minimum Gasteiger partial charge on any atom is -0.481 e. The fraction of sp³-hybridized carbons (Fsp3) is 0.500. The Hall–Kier alpha value is -4.22. The molecule has 216 valence electrons. The molecule has 40 heavy (non-hydrogen) atoms. The fourth-order valence-electron chi connectivity index (χ4n) is 4.27. The molecule has 1 aliphatic heterocycles. The molecule has 0 aliphatic carbocycles. The Kier molecular flexibility index (Phi) is 11.2. The average Bonchev–Trinajstić information content (AvgIpc) is 2.97. The minimum atomic E-state index is -1.08. The Labute approximate surface area is 234 Å². The summed E-state index contributed by atoms with van der Waals surface area (Å²) in [5.74, 6) is -1.15. The number of hydrogen-bond donors (Lipinski definition) is 2. The van der Waals surface area contributed by atoms with Crippen molar-refractivity contribution in [2.24, 2.45) is 0 Å². The van der Waals surface area contributed by atoms with E-state index in [9.17, 15) is 24.3 Å². The lowest BCUT2D eigenvalue weighted by molar-refractivity contribution is -0.138. The van der Waals surface area contributed by atoms with E-state index in [1.165, 1.54) is 9.80 Å². The van der Waals surface area contributed by atoms with Crippen molar-refractivity contribution in [3.8, 4) is 11.4 Å². The smallest absolute Gasteiger partial charge is 0.409 e. The summed E-state index contributed by atoms with van der Waals surface area (Å²) in [4.78, 5) is 64.3. The number of carbonyl (C=O) groups is 4. The number of carbonyl (C=O) groups excluding carboxylic acids is 3. The minimum absolute atomic E-state index is 0.0763. The summed E-state index contributed by atoms with van der Waals surface area (Å²) >= 11 is 0. The van der Waals surface area contributed by atoms with Crippen LogP contribution < -0.4 is 10.2 Å². The van der Waals surface area contributed by atoms with E-state index in [0.717, 1.165) is 24.9 Å².